The second kappa shape index (κ2) is 7.35. The molecule has 1 fully saturated rings. The minimum Gasteiger partial charge on any atom is -0.309 e. The Balaban J connectivity index is 1.79. The highest BCUT2D eigenvalue weighted by molar-refractivity contribution is 7.89. The molecule has 0 spiro atoms. The summed E-state index contributed by atoms with van der Waals surface area (Å²) in [5.41, 5.74) is 1.01. The van der Waals surface area contributed by atoms with Gasteiger partial charge in [0.1, 0.15) is 0 Å². The molecule has 0 aliphatic heterocycles. The standard InChI is InChI=1S/C18H24N2O2S2/c1-3-20(13-15-7-5-4-6-8-15)24(21,22)18-11-17(23-14(18)2)12-19-16-9-10-16/h4-8,11,16,19H,3,9-10,12-13H2,1-2H3. The Morgan fingerprint density at radius 3 is 2.58 bits per heavy atom. The molecule has 1 aromatic carbocycles. The van der Waals surface area contributed by atoms with Crippen molar-refractivity contribution in [1.82, 2.24) is 9.62 Å². The highest BCUT2D eigenvalue weighted by Gasteiger charge is 2.27. The van der Waals surface area contributed by atoms with Crippen LogP contribution in [0.3, 0.4) is 0 Å². The van der Waals surface area contributed by atoms with E-state index in [0.29, 0.717) is 24.0 Å². The SMILES string of the molecule is CCN(Cc1ccccc1)S(=O)(=O)c1cc(CNC2CC2)sc1C. The maximum absolute atomic E-state index is 13.1. The topological polar surface area (TPSA) is 49.4 Å². The number of rotatable bonds is 8. The molecule has 0 radical (unpaired) electrons. The van der Waals surface area contributed by atoms with Crippen LogP contribution >= 0.6 is 11.3 Å². The minimum absolute atomic E-state index is 0.407. The van der Waals surface area contributed by atoms with Gasteiger partial charge in [-0.2, -0.15) is 4.31 Å². The number of thiophene rings is 1. The first-order valence-corrected chi connectivity index (χ1v) is 10.6. The van der Waals surface area contributed by atoms with Crippen LogP contribution in [0.15, 0.2) is 41.3 Å². The molecule has 0 unspecified atom stereocenters. The van der Waals surface area contributed by atoms with Gasteiger partial charge in [0.15, 0.2) is 0 Å². The molecule has 2 aromatic rings. The number of sulfonamides is 1. The summed E-state index contributed by atoms with van der Waals surface area (Å²) in [7, 11) is -3.47. The Kier molecular flexibility index (Phi) is 5.39. The van der Waals surface area contributed by atoms with Crippen LogP contribution < -0.4 is 5.32 Å². The van der Waals surface area contributed by atoms with Crippen molar-refractivity contribution in [1.29, 1.82) is 0 Å². The minimum atomic E-state index is -3.47. The summed E-state index contributed by atoms with van der Waals surface area (Å²) in [5.74, 6) is 0. The third kappa shape index (κ3) is 4.06. The molecule has 0 saturated heterocycles. The fourth-order valence-electron chi connectivity index (χ4n) is 2.69. The third-order valence-corrected chi connectivity index (χ3v) is 7.46. The molecular weight excluding hydrogens is 340 g/mol. The second-order valence-electron chi connectivity index (χ2n) is 6.21. The molecular formula is C18H24N2O2S2. The van der Waals surface area contributed by atoms with Crippen molar-refractivity contribution in [2.45, 2.75) is 50.7 Å². The summed E-state index contributed by atoms with van der Waals surface area (Å²) in [6.07, 6.45) is 2.46. The van der Waals surface area contributed by atoms with Crippen molar-refractivity contribution in [3.8, 4) is 0 Å². The van der Waals surface area contributed by atoms with E-state index in [4.69, 9.17) is 0 Å². The summed E-state index contributed by atoms with van der Waals surface area (Å²) in [6.45, 7) is 5.41. The van der Waals surface area contributed by atoms with Gasteiger partial charge in [-0.05, 0) is 31.4 Å². The number of nitrogens with one attached hydrogen (secondary N) is 1. The first-order valence-electron chi connectivity index (χ1n) is 8.37. The molecule has 1 N–H and O–H groups in total. The number of aryl methyl sites for hydroxylation is 1. The van der Waals surface area contributed by atoms with Crippen LogP contribution in [0.2, 0.25) is 0 Å². The molecule has 1 saturated carbocycles. The number of hydrogen-bond donors (Lipinski definition) is 1. The normalized spacial score (nSPS) is 15.1. The van der Waals surface area contributed by atoms with Crippen molar-refractivity contribution < 1.29 is 8.42 Å². The van der Waals surface area contributed by atoms with E-state index >= 15 is 0 Å². The summed E-state index contributed by atoms with van der Waals surface area (Å²) in [4.78, 5) is 2.42. The average Bonchev–Trinajstić information content (AvgIpc) is 3.32. The first-order chi connectivity index (χ1) is 11.5. The van der Waals surface area contributed by atoms with Crippen LogP contribution in [0, 0.1) is 6.92 Å². The van der Waals surface area contributed by atoms with E-state index in [1.54, 1.807) is 15.6 Å². The number of nitrogens with zero attached hydrogens (tertiary/aromatic N) is 1. The van der Waals surface area contributed by atoms with Gasteiger partial charge < -0.3 is 5.32 Å². The van der Waals surface area contributed by atoms with Crippen molar-refractivity contribution in [3.63, 3.8) is 0 Å². The van der Waals surface area contributed by atoms with Gasteiger partial charge in [-0.1, -0.05) is 37.3 Å². The van der Waals surface area contributed by atoms with Crippen LogP contribution in [-0.2, 0) is 23.1 Å². The Morgan fingerprint density at radius 2 is 1.96 bits per heavy atom. The van der Waals surface area contributed by atoms with Gasteiger partial charge >= 0.3 is 0 Å². The molecule has 1 aliphatic carbocycles. The molecule has 4 nitrogen and oxygen atoms in total. The van der Waals surface area contributed by atoms with E-state index in [1.165, 1.54) is 12.8 Å². The predicted octanol–water partition coefficient (Wildman–Crippen LogP) is 3.52. The molecule has 1 aliphatic rings. The lowest BCUT2D eigenvalue weighted by molar-refractivity contribution is 0.423. The van der Waals surface area contributed by atoms with Gasteiger partial charge in [-0.15, -0.1) is 11.3 Å². The highest BCUT2D eigenvalue weighted by atomic mass is 32.2. The third-order valence-electron chi connectivity index (χ3n) is 4.24. The van der Waals surface area contributed by atoms with Gasteiger partial charge in [0.25, 0.3) is 0 Å². The molecule has 6 heteroatoms. The lowest BCUT2D eigenvalue weighted by Crippen LogP contribution is -2.30. The van der Waals surface area contributed by atoms with Crippen molar-refractivity contribution >= 4 is 21.4 Å². The van der Waals surface area contributed by atoms with Crippen LogP contribution in [0.1, 0.15) is 35.1 Å². The number of benzene rings is 1. The molecule has 0 amide bonds. The molecule has 1 aromatic heterocycles. The van der Waals surface area contributed by atoms with Crippen LogP contribution in [0.25, 0.3) is 0 Å². The van der Waals surface area contributed by atoms with Gasteiger partial charge in [-0.25, -0.2) is 8.42 Å². The monoisotopic (exact) mass is 364 g/mol. The van der Waals surface area contributed by atoms with Crippen molar-refractivity contribution in [3.05, 3.63) is 51.7 Å². The maximum atomic E-state index is 13.1. The summed E-state index contributed by atoms with van der Waals surface area (Å²) in [5, 5.41) is 3.45. The van der Waals surface area contributed by atoms with E-state index in [-0.39, 0.29) is 0 Å². The fourth-order valence-corrected chi connectivity index (χ4v) is 5.68. The average molecular weight is 365 g/mol. The Hall–Kier alpha value is -1.21. The van der Waals surface area contributed by atoms with Crippen molar-refractivity contribution in [2.24, 2.45) is 0 Å². The van der Waals surface area contributed by atoms with Crippen LogP contribution in [0.4, 0.5) is 0 Å². The van der Waals surface area contributed by atoms with E-state index in [1.807, 2.05) is 50.2 Å². The molecule has 0 atom stereocenters. The summed E-state index contributed by atoms with van der Waals surface area (Å²) in [6, 6.07) is 12.2. The zero-order valence-electron chi connectivity index (χ0n) is 14.2. The van der Waals surface area contributed by atoms with Gasteiger partial charge in [0, 0.05) is 35.4 Å². The van der Waals surface area contributed by atoms with E-state index in [9.17, 15) is 8.42 Å². The maximum Gasteiger partial charge on any atom is 0.244 e. The summed E-state index contributed by atoms with van der Waals surface area (Å²) < 4.78 is 27.7. The zero-order chi connectivity index (χ0) is 17.2. The van der Waals surface area contributed by atoms with Gasteiger partial charge in [0.2, 0.25) is 10.0 Å². The Bertz CT molecular complexity index is 781. The molecule has 1 heterocycles. The Morgan fingerprint density at radius 1 is 1.25 bits per heavy atom. The van der Waals surface area contributed by atoms with Gasteiger partial charge in [0.05, 0.1) is 4.90 Å². The highest BCUT2D eigenvalue weighted by Crippen LogP contribution is 2.30. The van der Waals surface area contributed by atoms with E-state index < -0.39 is 10.0 Å². The smallest absolute Gasteiger partial charge is 0.244 e. The van der Waals surface area contributed by atoms with Crippen LogP contribution in [-0.4, -0.2) is 25.3 Å². The summed E-state index contributed by atoms with van der Waals surface area (Å²) >= 11 is 1.58. The molecule has 24 heavy (non-hydrogen) atoms. The molecule has 130 valence electrons. The first kappa shape index (κ1) is 17.6. The van der Waals surface area contributed by atoms with E-state index in [0.717, 1.165) is 21.9 Å². The quantitative estimate of drug-likeness (QED) is 0.780. The number of hydrogen-bond acceptors (Lipinski definition) is 4. The van der Waals surface area contributed by atoms with Gasteiger partial charge in [-0.3, -0.25) is 0 Å². The van der Waals surface area contributed by atoms with Crippen molar-refractivity contribution in [2.75, 3.05) is 6.54 Å². The fraction of sp³-hybridized carbons (Fsp3) is 0.444. The lowest BCUT2D eigenvalue weighted by atomic mass is 10.2. The zero-order valence-corrected chi connectivity index (χ0v) is 15.8. The van der Waals surface area contributed by atoms with E-state index in [2.05, 4.69) is 5.32 Å². The molecule has 0 bridgehead atoms. The molecule has 3 rings (SSSR count). The second-order valence-corrected chi connectivity index (χ2v) is 9.45. The lowest BCUT2D eigenvalue weighted by Gasteiger charge is -2.20. The Labute approximate surface area is 148 Å². The van der Waals surface area contributed by atoms with Crippen LogP contribution in [0.5, 0.6) is 0 Å². The largest absolute Gasteiger partial charge is 0.309 e. The predicted molar refractivity (Wildman–Crippen MR) is 98.6 cm³/mol.